The Labute approximate surface area is 152 Å². The summed E-state index contributed by atoms with van der Waals surface area (Å²) in [6.07, 6.45) is 1.64. The third kappa shape index (κ3) is 4.18. The van der Waals surface area contributed by atoms with Gasteiger partial charge in [0, 0.05) is 17.4 Å². The Hall–Kier alpha value is -2.39. The van der Waals surface area contributed by atoms with Crippen molar-refractivity contribution in [3.05, 3.63) is 46.1 Å². The van der Waals surface area contributed by atoms with E-state index in [4.69, 9.17) is 12.2 Å². The first-order valence-corrected chi connectivity index (χ1v) is 9.01. The van der Waals surface area contributed by atoms with Crippen molar-refractivity contribution in [2.45, 2.75) is 26.3 Å². The number of hydrogen-bond acceptors (Lipinski definition) is 5. The number of carbonyl (C=O) groups excluding carboxylic acids is 1. The monoisotopic (exact) mass is 377 g/mol. The zero-order valence-corrected chi connectivity index (χ0v) is 15.1. The Balaban J connectivity index is 1.70. The van der Waals surface area contributed by atoms with Crippen molar-refractivity contribution < 1.29 is 9.18 Å². The van der Waals surface area contributed by atoms with Crippen LogP contribution in [-0.4, -0.2) is 25.7 Å². The Kier molecular flexibility index (Phi) is 5.34. The lowest BCUT2D eigenvalue weighted by molar-refractivity contribution is -0.116. The van der Waals surface area contributed by atoms with E-state index in [1.165, 1.54) is 23.5 Å². The quantitative estimate of drug-likeness (QED) is 0.641. The summed E-state index contributed by atoms with van der Waals surface area (Å²) in [7, 11) is 0. The third-order valence-electron chi connectivity index (χ3n) is 3.48. The molecule has 0 saturated carbocycles. The molecule has 0 unspecified atom stereocenters. The topological polar surface area (TPSA) is 75.6 Å². The number of rotatable bonds is 6. The van der Waals surface area contributed by atoms with Gasteiger partial charge >= 0.3 is 0 Å². The van der Waals surface area contributed by atoms with Gasteiger partial charge in [-0.1, -0.05) is 19.1 Å². The van der Waals surface area contributed by atoms with Gasteiger partial charge < -0.3 is 5.32 Å². The molecule has 9 heteroatoms. The van der Waals surface area contributed by atoms with Gasteiger partial charge in [-0.15, -0.1) is 11.3 Å². The van der Waals surface area contributed by atoms with Crippen LogP contribution >= 0.6 is 23.6 Å². The average Bonchev–Trinajstić information content (AvgIpc) is 3.17. The van der Waals surface area contributed by atoms with Crippen molar-refractivity contribution in [1.82, 2.24) is 19.7 Å². The fourth-order valence-corrected chi connectivity index (χ4v) is 3.29. The SMILES string of the molecule is CCCc1n[nH]c(=S)n1CC(=O)Nc1nc(-c2cccc(F)c2)cs1. The molecule has 3 aromatic rings. The molecular weight excluding hydrogens is 361 g/mol. The Morgan fingerprint density at radius 2 is 2.32 bits per heavy atom. The van der Waals surface area contributed by atoms with Crippen LogP contribution in [0.4, 0.5) is 9.52 Å². The number of aromatic nitrogens is 4. The molecule has 0 radical (unpaired) electrons. The number of benzene rings is 1. The first-order valence-electron chi connectivity index (χ1n) is 7.72. The van der Waals surface area contributed by atoms with Gasteiger partial charge in [0.2, 0.25) is 5.91 Å². The first-order chi connectivity index (χ1) is 12.1. The van der Waals surface area contributed by atoms with Gasteiger partial charge in [-0.3, -0.25) is 14.5 Å². The van der Waals surface area contributed by atoms with Crippen LogP contribution in [0.15, 0.2) is 29.6 Å². The Bertz CT molecular complexity index is 946. The summed E-state index contributed by atoms with van der Waals surface area (Å²) >= 11 is 6.45. The van der Waals surface area contributed by atoms with E-state index in [1.54, 1.807) is 22.1 Å². The van der Waals surface area contributed by atoms with Crippen LogP contribution in [0.2, 0.25) is 0 Å². The lowest BCUT2D eigenvalue weighted by Gasteiger charge is -2.05. The van der Waals surface area contributed by atoms with E-state index < -0.39 is 0 Å². The molecule has 1 aromatic carbocycles. The predicted molar refractivity (Wildman–Crippen MR) is 97.5 cm³/mol. The van der Waals surface area contributed by atoms with Gasteiger partial charge in [0.15, 0.2) is 9.90 Å². The smallest absolute Gasteiger partial charge is 0.246 e. The van der Waals surface area contributed by atoms with Crippen LogP contribution in [0.3, 0.4) is 0 Å². The molecule has 0 saturated heterocycles. The van der Waals surface area contributed by atoms with Gasteiger partial charge in [0.05, 0.1) is 5.69 Å². The van der Waals surface area contributed by atoms with E-state index in [1.807, 2.05) is 6.92 Å². The highest BCUT2D eigenvalue weighted by atomic mass is 32.1. The standard InChI is InChI=1S/C16H16FN5OS2/c1-2-4-13-20-21-16(24)22(13)8-14(23)19-15-18-12(9-25-15)10-5-3-6-11(17)7-10/h3,5-7,9H,2,4,8H2,1H3,(H,21,24)(H,18,19,23). The second-order valence-electron chi connectivity index (χ2n) is 5.38. The summed E-state index contributed by atoms with van der Waals surface area (Å²) in [5, 5.41) is 11.8. The number of anilines is 1. The van der Waals surface area contributed by atoms with Crippen LogP contribution in [0.5, 0.6) is 0 Å². The summed E-state index contributed by atoms with van der Waals surface area (Å²) in [4.78, 5) is 16.6. The number of H-pyrrole nitrogens is 1. The van der Waals surface area contributed by atoms with E-state index in [0.29, 0.717) is 21.2 Å². The highest BCUT2D eigenvalue weighted by Gasteiger charge is 2.12. The van der Waals surface area contributed by atoms with E-state index >= 15 is 0 Å². The number of nitrogens with zero attached hydrogens (tertiary/aromatic N) is 3. The van der Waals surface area contributed by atoms with Crippen LogP contribution in [0, 0.1) is 10.6 Å². The molecular formula is C16H16FN5OS2. The van der Waals surface area contributed by atoms with Crippen LogP contribution in [0.25, 0.3) is 11.3 Å². The van der Waals surface area contributed by atoms with Crippen molar-refractivity contribution in [3.63, 3.8) is 0 Å². The molecule has 2 N–H and O–H groups in total. The second kappa shape index (κ2) is 7.66. The summed E-state index contributed by atoms with van der Waals surface area (Å²) in [6.45, 7) is 2.10. The van der Waals surface area contributed by atoms with Gasteiger partial charge in [-0.25, -0.2) is 9.37 Å². The molecule has 0 fully saturated rings. The largest absolute Gasteiger partial charge is 0.300 e. The van der Waals surface area contributed by atoms with E-state index in [0.717, 1.165) is 18.7 Å². The number of thiazole rings is 1. The predicted octanol–water partition coefficient (Wildman–Crippen LogP) is 3.79. The third-order valence-corrected chi connectivity index (χ3v) is 4.55. The fraction of sp³-hybridized carbons (Fsp3) is 0.250. The van der Waals surface area contributed by atoms with Crippen molar-refractivity contribution in [2.24, 2.45) is 0 Å². The van der Waals surface area contributed by atoms with Crippen molar-refractivity contribution in [2.75, 3.05) is 5.32 Å². The fourth-order valence-electron chi connectivity index (χ4n) is 2.34. The Morgan fingerprint density at radius 1 is 1.48 bits per heavy atom. The highest BCUT2D eigenvalue weighted by molar-refractivity contribution is 7.71. The lowest BCUT2D eigenvalue weighted by Crippen LogP contribution is -2.20. The maximum atomic E-state index is 13.3. The van der Waals surface area contributed by atoms with E-state index in [-0.39, 0.29) is 18.3 Å². The van der Waals surface area contributed by atoms with Gasteiger partial charge in [-0.05, 0) is 30.8 Å². The normalized spacial score (nSPS) is 10.8. The highest BCUT2D eigenvalue weighted by Crippen LogP contribution is 2.25. The number of hydrogen-bond donors (Lipinski definition) is 2. The minimum atomic E-state index is -0.325. The average molecular weight is 377 g/mol. The number of nitrogens with one attached hydrogen (secondary N) is 2. The van der Waals surface area contributed by atoms with Gasteiger partial charge in [0.25, 0.3) is 0 Å². The zero-order chi connectivity index (χ0) is 17.8. The van der Waals surface area contributed by atoms with E-state index in [2.05, 4.69) is 20.5 Å². The van der Waals surface area contributed by atoms with Gasteiger partial charge in [-0.2, -0.15) is 5.10 Å². The van der Waals surface area contributed by atoms with Crippen molar-refractivity contribution >= 4 is 34.6 Å². The van der Waals surface area contributed by atoms with E-state index in [9.17, 15) is 9.18 Å². The first kappa shape index (κ1) is 17.4. The van der Waals surface area contributed by atoms with Gasteiger partial charge in [0.1, 0.15) is 18.2 Å². The molecule has 3 rings (SSSR count). The molecule has 25 heavy (non-hydrogen) atoms. The van der Waals surface area contributed by atoms with Crippen molar-refractivity contribution in [1.29, 1.82) is 0 Å². The van der Waals surface area contributed by atoms with Crippen LogP contribution in [0.1, 0.15) is 19.2 Å². The number of carbonyl (C=O) groups is 1. The maximum absolute atomic E-state index is 13.3. The van der Waals surface area contributed by atoms with Crippen LogP contribution in [-0.2, 0) is 17.8 Å². The summed E-state index contributed by atoms with van der Waals surface area (Å²) in [6, 6.07) is 6.17. The van der Waals surface area contributed by atoms with Crippen LogP contribution < -0.4 is 5.32 Å². The minimum Gasteiger partial charge on any atom is -0.300 e. The number of aryl methyl sites for hydroxylation is 1. The number of amides is 1. The molecule has 2 heterocycles. The summed E-state index contributed by atoms with van der Waals surface area (Å²) in [5.41, 5.74) is 1.28. The molecule has 130 valence electrons. The molecule has 0 atom stereocenters. The van der Waals surface area contributed by atoms with Crippen molar-refractivity contribution in [3.8, 4) is 11.3 Å². The maximum Gasteiger partial charge on any atom is 0.246 e. The molecule has 0 aliphatic heterocycles. The molecule has 0 bridgehead atoms. The molecule has 0 aliphatic carbocycles. The molecule has 2 aromatic heterocycles. The summed E-state index contributed by atoms with van der Waals surface area (Å²) in [5.74, 6) is 0.186. The minimum absolute atomic E-state index is 0.0690. The molecule has 6 nitrogen and oxygen atoms in total. The Morgan fingerprint density at radius 3 is 3.08 bits per heavy atom. The number of aromatic amines is 1. The lowest BCUT2D eigenvalue weighted by atomic mass is 10.2. The summed E-state index contributed by atoms with van der Waals surface area (Å²) < 4.78 is 15.4. The molecule has 0 aliphatic rings. The molecule has 1 amide bonds. The molecule has 0 spiro atoms. The second-order valence-corrected chi connectivity index (χ2v) is 6.62. The zero-order valence-electron chi connectivity index (χ0n) is 13.5. The number of halogens is 1.